The second-order valence-electron chi connectivity index (χ2n) is 4.08. The predicted octanol–water partition coefficient (Wildman–Crippen LogP) is 4.43. The van der Waals surface area contributed by atoms with Crippen LogP contribution < -0.4 is 5.73 Å². The van der Waals surface area contributed by atoms with E-state index in [1.165, 1.54) is 23.5 Å². The Labute approximate surface area is 125 Å². The second kappa shape index (κ2) is 4.99. The van der Waals surface area contributed by atoms with Gasteiger partial charge in [0.15, 0.2) is 5.82 Å². The Balaban J connectivity index is 2.27. The maximum absolute atomic E-state index is 14.1. The molecule has 3 aromatic rings. The van der Waals surface area contributed by atoms with Crippen LogP contribution in [0.25, 0.3) is 21.7 Å². The molecule has 0 saturated heterocycles. The Kier molecular flexibility index (Phi) is 3.31. The molecule has 3 nitrogen and oxygen atoms in total. The fraction of sp³-hybridized carbons (Fsp3) is 0. The van der Waals surface area contributed by atoms with E-state index >= 15 is 0 Å². The van der Waals surface area contributed by atoms with Crippen molar-refractivity contribution in [2.45, 2.75) is 0 Å². The summed E-state index contributed by atoms with van der Waals surface area (Å²) in [5.74, 6) is -1.15. The molecule has 2 heterocycles. The molecule has 3 rings (SSSR count). The van der Waals surface area contributed by atoms with Gasteiger partial charge >= 0.3 is 0 Å². The Hall–Kier alpha value is -1.73. The van der Waals surface area contributed by atoms with Gasteiger partial charge in [0.05, 0.1) is 16.8 Å². The van der Waals surface area contributed by atoms with Crippen molar-refractivity contribution >= 4 is 33.1 Å². The number of benzene rings is 1. The van der Waals surface area contributed by atoms with Crippen LogP contribution in [0.3, 0.4) is 0 Å². The van der Waals surface area contributed by atoms with Crippen molar-refractivity contribution in [1.29, 1.82) is 0 Å². The highest BCUT2D eigenvalue weighted by molar-refractivity contribution is 9.10. The number of nitrogens with two attached hydrogens (primary N) is 1. The number of aromatic amines is 1. The van der Waals surface area contributed by atoms with E-state index in [4.69, 9.17) is 5.73 Å². The first kappa shape index (κ1) is 13.3. The van der Waals surface area contributed by atoms with E-state index in [2.05, 4.69) is 26.1 Å². The van der Waals surface area contributed by atoms with Gasteiger partial charge in [0.1, 0.15) is 11.6 Å². The van der Waals surface area contributed by atoms with E-state index in [1.54, 1.807) is 0 Å². The third-order valence-corrected chi connectivity index (χ3v) is 4.16. The van der Waals surface area contributed by atoms with E-state index in [9.17, 15) is 8.78 Å². The number of rotatable bonds is 2. The van der Waals surface area contributed by atoms with Crippen LogP contribution in [0.4, 0.5) is 14.6 Å². The first-order valence-electron chi connectivity index (χ1n) is 5.60. The summed E-state index contributed by atoms with van der Waals surface area (Å²) >= 11 is 4.48. The Morgan fingerprint density at radius 2 is 1.90 bits per heavy atom. The predicted molar refractivity (Wildman–Crippen MR) is 79.4 cm³/mol. The topological polar surface area (TPSA) is 54.7 Å². The third kappa shape index (κ3) is 2.12. The van der Waals surface area contributed by atoms with Gasteiger partial charge in [-0.1, -0.05) is 22.0 Å². The molecular weight excluding hydrogens is 348 g/mol. The normalized spacial score (nSPS) is 10.9. The summed E-state index contributed by atoms with van der Waals surface area (Å²) in [4.78, 5) is 0.799. The maximum Gasteiger partial charge on any atom is 0.154 e. The molecule has 20 heavy (non-hydrogen) atoms. The van der Waals surface area contributed by atoms with Crippen LogP contribution in [0, 0.1) is 11.6 Å². The molecule has 0 aliphatic rings. The van der Waals surface area contributed by atoms with Crippen LogP contribution in [-0.2, 0) is 0 Å². The minimum Gasteiger partial charge on any atom is -0.382 e. The summed E-state index contributed by atoms with van der Waals surface area (Å²) < 4.78 is 28.5. The minimum atomic E-state index is -0.682. The number of aromatic nitrogens is 2. The SMILES string of the molecule is Nc1n[nH]c(-c2c(F)cc(Br)cc2F)c1-c1cccs1. The van der Waals surface area contributed by atoms with Crippen molar-refractivity contribution in [2.75, 3.05) is 5.73 Å². The number of H-pyrrole nitrogens is 1. The van der Waals surface area contributed by atoms with Gasteiger partial charge in [0.25, 0.3) is 0 Å². The Morgan fingerprint density at radius 3 is 2.50 bits per heavy atom. The zero-order chi connectivity index (χ0) is 14.3. The number of anilines is 1. The Bertz CT molecular complexity index is 745. The van der Waals surface area contributed by atoms with Crippen molar-refractivity contribution in [3.8, 4) is 21.7 Å². The third-order valence-electron chi connectivity index (χ3n) is 2.82. The zero-order valence-electron chi connectivity index (χ0n) is 9.95. The van der Waals surface area contributed by atoms with Crippen LogP contribution in [0.5, 0.6) is 0 Å². The lowest BCUT2D eigenvalue weighted by Gasteiger charge is -2.06. The molecule has 2 aromatic heterocycles. The summed E-state index contributed by atoms with van der Waals surface area (Å²) in [5.41, 5.74) is 6.40. The van der Waals surface area contributed by atoms with E-state index in [0.717, 1.165) is 4.88 Å². The summed E-state index contributed by atoms with van der Waals surface area (Å²) in [6, 6.07) is 6.07. The molecular formula is C13H8BrF2N3S. The fourth-order valence-electron chi connectivity index (χ4n) is 1.99. The number of halogens is 3. The molecule has 0 radical (unpaired) electrons. The van der Waals surface area contributed by atoms with Crippen LogP contribution in [0.1, 0.15) is 0 Å². The summed E-state index contributed by atoms with van der Waals surface area (Å²) in [6.07, 6.45) is 0. The molecule has 0 spiro atoms. The fourth-order valence-corrected chi connectivity index (χ4v) is 3.18. The lowest BCUT2D eigenvalue weighted by Crippen LogP contribution is -1.93. The van der Waals surface area contributed by atoms with Crippen LogP contribution in [-0.4, -0.2) is 10.2 Å². The molecule has 0 bridgehead atoms. The van der Waals surface area contributed by atoms with E-state index < -0.39 is 11.6 Å². The molecule has 0 amide bonds. The first-order chi connectivity index (χ1) is 9.58. The number of nitrogens with one attached hydrogen (secondary N) is 1. The van der Waals surface area contributed by atoms with Crippen molar-refractivity contribution in [1.82, 2.24) is 10.2 Å². The van der Waals surface area contributed by atoms with Gasteiger partial charge in [-0.2, -0.15) is 5.10 Å². The molecule has 0 atom stereocenters. The molecule has 1 aromatic carbocycles. The molecule has 0 unspecified atom stereocenters. The largest absolute Gasteiger partial charge is 0.382 e. The highest BCUT2D eigenvalue weighted by atomic mass is 79.9. The van der Waals surface area contributed by atoms with Gasteiger partial charge in [-0.05, 0) is 23.6 Å². The van der Waals surface area contributed by atoms with Crippen molar-refractivity contribution in [3.63, 3.8) is 0 Å². The smallest absolute Gasteiger partial charge is 0.154 e. The summed E-state index contributed by atoms with van der Waals surface area (Å²) in [7, 11) is 0. The van der Waals surface area contributed by atoms with Gasteiger partial charge in [0, 0.05) is 9.35 Å². The highest BCUT2D eigenvalue weighted by Crippen LogP contribution is 2.39. The minimum absolute atomic E-state index is 0.166. The van der Waals surface area contributed by atoms with Crippen molar-refractivity contribution in [2.24, 2.45) is 0 Å². The van der Waals surface area contributed by atoms with Crippen molar-refractivity contribution in [3.05, 3.63) is 45.8 Å². The molecule has 102 valence electrons. The molecule has 7 heteroatoms. The number of hydrogen-bond donors (Lipinski definition) is 2. The van der Waals surface area contributed by atoms with E-state index in [0.29, 0.717) is 10.0 Å². The zero-order valence-corrected chi connectivity index (χ0v) is 12.4. The number of nitrogen functional groups attached to an aromatic ring is 1. The van der Waals surface area contributed by atoms with Gasteiger partial charge in [-0.3, -0.25) is 5.10 Å². The van der Waals surface area contributed by atoms with E-state index in [1.807, 2.05) is 17.5 Å². The van der Waals surface area contributed by atoms with Crippen molar-refractivity contribution < 1.29 is 8.78 Å². The number of nitrogens with zero attached hydrogens (tertiary/aromatic N) is 1. The summed E-state index contributed by atoms with van der Waals surface area (Å²) in [5, 5.41) is 8.35. The molecule has 0 aliphatic heterocycles. The Morgan fingerprint density at radius 1 is 1.20 bits per heavy atom. The van der Waals surface area contributed by atoms with Gasteiger partial charge in [-0.15, -0.1) is 11.3 Å². The molecule has 3 N–H and O–H groups in total. The van der Waals surface area contributed by atoms with Gasteiger partial charge < -0.3 is 5.73 Å². The standard InChI is InChI=1S/C13H8BrF2N3S/c14-6-4-7(15)10(8(16)5-6)12-11(13(17)19-18-12)9-2-1-3-20-9/h1-5H,(H3,17,18,19). The highest BCUT2D eigenvalue weighted by Gasteiger charge is 2.21. The van der Waals surface area contributed by atoms with E-state index in [-0.39, 0.29) is 17.1 Å². The lowest BCUT2D eigenvalue weighted by molar-refractivity contribution is 0.587. The van der Waals surface area contributed by atoms with Gasteiger partial charge in [0.2, 0.25) is 0 Å². The average Bonchev–Trinajstić information content (AvgIpc) is 2.97. The molecule has 0 aliphatic carbocycles. The maximum atomic E-state index is 14.1. The van der Waals surface area contributed by atoms with Crippen LogP contribution in [0.15, 0.2) is 34.1 Å². The second-order valence-corrected chi connectivity index (χ2v) is 5.94. The van der Waals surface area contributed by atoms with Gasteiger partial charge in [-0.25, -0.2) is 8.78 Å². The van der Waals surface area contributed by atoms with Crippen LogP contribution >= 0.6 is 27.3 Å². The molecule has 0 fully saturated rings. The van der Waals surface area contributed by atoms with Crippen LogP contribution in [0.2, 0.25) is 0 Å². The lowest BCUT2D eigenvalue weighted by atomic mass is 10.1. The molecule has 0 saturated carbocycles. The summed E-state index contributed by atoms with van der Waals surface area (Å²) in [6.45, 7) is 0. The number of hydrogen-bond acceptors (Lipinski definition) is 3. The first-order valence-corrected chi connectivity index (χ1v) is 7.28. The average molecular weight is 356 g/mol. The quantitative estimate of drug-likeness (QED) is 0.714. The monoisotopic (exact) mass is 355 g/mol. The number of thiophene rings is 1.